The molecule has 0 fully saturated rings. The summed E-state index contributed by atoms with van der Waals surface area (Å²) in [4.78, 5) is 26.1. The zero-order valence-corrected chi connectivity index (χ0v) is 15.4. The van der Waals surface area contributed by atoms with Crippen LogP contribution in [0.3, 0.4) is 0 Å². The highest BCUT2D eigenvalue weighted by Gasteiger charge is 2.17. The maximum absolute atomic E-state index is 12.5. The highest BCUT2D eigenvalue weighted by molar-refractivity contribution is 6.02. The summed E-state index contributed by atoms with van der Waals surface area (Å²) in [5, 5.41) is 2.97. The van der Waals surface area contributed by atoms with Crippen LogP contribution >= 0.6 is 0 Å². The van der Waals surface area contributed by atoms with Gasteiger partial charge >= 0.3 is 0 Å². The Morgan fingerprint density at radius 2 is 1.68 bits per heavy atom. The van der Waals surface area contributed by atoms with Crippen LogP contribution in [-0.2, 0) is 22.4 Å². The first kappa shape index (κ1) is 18.7. The first-order valence-corrected chi connectivity index (χ1v) is 8.71. The van der Waals surface area contributed by atoms with E-state index >= 15 is 0 Å². The predicted molar refractivity (Wildman–Crippen MR) is 103 cm³/mol. The normalized spacial score (nSPS) is 10.4. The minimum absolute atomic E-state index is 0.00169. The molecule has 132 valence electrons. The summed E-state index contributed by atoms with van der Waals surface area (Å²) in [7, 11) is 0. The minimum Gasteiger partial charge on any atom is -0.324 e. The van der Waals surface area contributed by atoms with Gasteiger partial charge in [-0.05, 0) is 48.6 Å². The lowest BCUT2D eigenvalue weighted by Gasteiger charge is -2.22. The van der Waals surface area contributed by atoms with Crippen molar-refractivity contribution in [1.82, 2.24) is 0 Å². The van der Waals surface area contributed by atoms with Crippen LogP contribution in [0.25, 0.3) is 0 Å². The van der Waals surface area contributed by atoms with Crippen LogP contribution in [0.1, 0.15) is 37.5 Å². The number of aryl methyl sites for hydroxylation is 3. The lowest BCUT2D eigenvalue weighted by atomic mass is 10.1. The van der Waals surface area contributed by atoms with E-state index in [-0.39, 0.29) is 18.4 Å². The molecule has 4 nitrogen and oxygen atoms in total. The highest BCUT2D eigenvalue weighted by Crippen LogP contribution is 2.22. The Kier molecular flexibility index (Phi) is 6.34. The average molecular weight is 338 g/mol. The van der Waals surface area contributed by atoms with E-state index in [0.717, 1.165) is 35.3 Å². The molecule has 2 amide bonds. The molecule has 0 unspecified atom stereocenters. The van der Waals surface area contributed by atoms with E-state index in [1.807, 2.05) is 49.4 Å². The molecule has 2 rings (SSSR count). The number of carbonyl (C=O) groups excluding carboxylic acids is 2. The molecule has 0 saturated carbocycles. The molecule has 0 spiro atoms. The van der Waals surface area contributed by atoms with Crippen molar-refractivity contribution < 1.29 is 9.59 Å². The molecular formula is C21H26N2O2. The summed E-state index contributed by atoms with van der Waals surface area (Å²) >= 11 is 0. The number of rotatable bonds is 6. The maximum Gasteiger partial charge on any atom is 0.244 e. The summed E-state index contributed by atoms with van der Waals surface area (Å²) in [6.07, 6.45) is 1.78. The summed E-state index contributed by atoms with van der Waals surface area (Å²) in [6, 6.07) is 13.7. The number of amides is 2. The van der Waals surface area contributed by atoms with E-state index in [2.05, 4.69) is 19.2 Å². The number of para-hydroxylation sites is 1. The molecule has 2 aromatic carbocycles. The highest BCUT2D eigenvalue weighted by atomic mass is 16.2. The molecule has 0 radical (unpaired) electrons. The third kappa shape index (κ3) is 4.69. The Labute approximate surface area is 149 Å². The van der Waals surface area contributed by atoms with Crippen molar-refractivity contribution in [3.05, 3.63) is 59.2 Å². The van der Waals surface area contributed by atoms with Gasteiger partial charge in [-0.25, -0.2) is 0 Å². The zero-order chi connectivity index (χ0) is 18.4. The fourth-order valence-electron chi connectivity index (χ4n) is 2.82. The van der Waals surface area contributed by atoms with Gasteiger partial charge in [0.1, 0.15) is 6.54 Å². The molecule has 4 heteroatoms. The van der Waals surface area contributed by atoms with Crippen LogP contribution in [0.2, 0.25) is 0 Å². The molecule has 0 aliphatic rings. The molecule has 0 aliphatic carbocycles. The summed E-state index contributed by atoms with van der Waals surface area (Å²) in [6.45, 7) is 7.59. The average Bonchev–Trinajstić information content (AvgIpc) is 2.61. The molecule has 0 bridgehead atoms. The molecule has 0 heterocycles. The van der Waals surface area contributed by atoms with E-state index in [1.165, 1.54) is 17.4 Å². The van der Waals surface area contributed by atoms with E-state index in [0.29, 0.717) is 0 Å². The van der Waals surface area contributed by atoms with Crippen LogP contribution in [0, 0.1) is 6.92 Å². The van der Waals surface area contributed by atoms with E-state index in [4.69, 9.17) is 0 Å². The van der Waals surface area contributed by atoms with Crippen molar-refractivity contribution in [3.8, 4) is 0 Å². The quantitative estimate of drug-likeness (QED) is 0.861. The zero-order valence-electron chi connectivity index (χ0n) is 15.4. The van der Waals surface area contributed by atoms with Gasteiger partial charge in [0.2, 0.25) is 11.8 Å². The molecule has 2 aromatic rings. The van der Waals surface area contributed by atoms with Gasteiger partial charge in [-0.15, -0.1) is 0 Å². The molecule has 0 aromatic heterocycles. The van der Waals surface area contributed by atoms with Crippen molar-refractivity contribution in [1.29, 1.82) is 0 Å². The van der Waals surface area contributed by atoms with E-state index < -0.39 is 0 Å². The molecule has 0 saturated heterocycles. The van der Waals surface area contributed by atoms with Crippen LogP contribution in [0.4, 0.5) is 11.4 Å². The van der Waals surface area contributed by atoms with Crippen molar-refractivity contribution >= 4 is 23.2 Å². The number of carbonyl (C=O) groups is 2. The van der Waals surface area contributed by atoms with Gasteiger partial charge in [0, 0.05) is 18.3 Å². The molecule has 0 atom stereocenters. The summed E-state index contributed by atoms with van der Waals surface area (Å²) < 4.78 is 0. The Balaban J connectivity index is 2.17. The van der Waals surface area contributed by atoms with Crippen molar-refractivity contribution in [2.45, 2.75) is 40.5 Å². The third-order valence-corrected chi connectivity index (χ3v) is 4.34. The lowest BCUT2D eigenvalue weighted by Crippen LogP contribution is -2.36. The van der Waals surface area contributed by atoms with Crippen LogP contribution < -0.4 is 10.2 Å². The Bertz CT molecular complexity index is 751. The predicted octanol–water partition coefficient (Wildman–Crippen LogP) is 4.11. The molecular weight excluding hydrogens is 312 g/mol. The Hall–Kier alpha value is -2.62. The maximum atomic E-state index is 12.5. The summed E-state index contributed by atoms with van der Waals surface area (Å²) in [5.74, 6) is -0.348. The first-order chi connectivity index (χ1) is 12.0. The fourth-order valence-corrected chi connectivity index (χ4v) is 2.82. The largest absolute Gasteiger partial charge is 0.324 e. The minimum atomic E-state index is -0.196. The van der Waals surface area contributed by atoms with Crippen LogP contribution in [-0.4, -0.2) is 18.4 Å². The van der Waals surface area contributed by atoms with Gasteiger partial charge in [0.05, 0.1) is 0 Å². The number of nitrogens with one attached hydrogen (secondary N) is 1. The number of benzene rings is 2. The molecule has 1 N–H and O–H groups in total. The Morgan fingerprint density at radius 3 is 2.24 bits per heavy atom. The fraction of sp³-hybridized carbons (Fsp3) is 0.333. The van der Waals surface area contributed by atoms with Gasteiger partial charge in [0.25, 0.3) is 0 Å². The lowest BCUT2D eigenvalue weighted by molar-refractivity contribution is -0.120. The Morgan fingerprint density at radius 1 is 1.00 bits per heavy atom. The van der Waals surface area contributed by atoms with Gasteiger partial charge in [-0.1, -0.05) is 44.2 Å². The third-order valence-electron chi connectivity index (χ3n) is 4.34. The monoisotopic (exact) mass is 338 g/mol. The molecule has 25 heavy (non-hydrogen) atoms. The van der Waals surface area contributed by atoms with Crippen LogP contribution in [0.5, 0.6) is 0 Å². The number of anilines is 2. The topological polar surface area (TPSA) is 49.4 Å². The second kappa shape index (κ2) is 8.47. The second-order valence-electron chi connectivity index (χ2n) is 6.14. The van der Waals surface area contributed by atoms with Gasteiger partial charge in [-0.3, -0.25) is 9.59 Å². The van der Waals surface area contributed by atoms with Gasteiger partial charge < -0.3 is 10.2 Å². The van der Waals surface area contributed by atoms with Crippen molar-refractivity contribution in [2.75, 3.05) is 16.8 Å². The van der Waals surface area contributed by atoms with Gasteiger partial charge in [-0.2, -0.15) is 0 Å². The van der Waals surface area contributed by atoms with E-state index in [1.54, 1.807) is 0 Å². The van der Waals surface area contributed by atoms with E-state index in [9.17, 15) is 9.59 Å². The van der Waals surface area contributed by atoms with Crippen LogP contribution in [0.15, 0.2) is 42.5 Å². The second-order valence-corrected chi connectivity index (χ2v) is 6.14. The van der Waals surface area contributed by atoms with Gasteiger partial charge in [0.15, 0.2) is 0 Å². The summed E-state index contributed by atoms with van der Waals surface area (Å²) in [5.41, 5.74) is 4.90. The number of hydrogen-bond acceptors (Lipinski definition) is 2. The smallest absolute Gasteiger partial charge is 0.244 e. The number of nitrogens with zero attached hydrogens (tertiary/aromatic N) is 1. The standard InChI is InChI=1S/C21H26N2O2/c1-5-17-10-12-19(13-11-17)23(16(4)24)14-20(25)22-21-15(3)8-7-9-18(21)6-2/h7-13H,5-6,14H2,1-4H3,(H,22,25). The molecule has 0 aliphatic heterocycles. The van der Waals surface area contributed by atoms with Crippen molar-refractivity contribution in [2.24, 2.45) is 0 Å². The first-order valence-electron chi connectivity index (χ1n) is 8.71. The number of hydrogen-bond donors (Lipinski definition) is 1. The van der Waals surface area contributed by atoms with Crippen molar-refractivity contribution in [3.63, 3.8) is 0 Å². The SMILES string of the molecule is CCc1ccc(N(CC(=O)Nc2c(C)cccc2CC)C(C)=O)cc1.